The van der Waals surface area contributed by atoms with Crippen LogP contribution in [0, 0.1) is 5.82 Å². The summed E-state index contributed by atoms with van der Waals surface area (Å²) in [4.78, 5) is 24.0. The molecule has 3 rings (SSSR count). The summed E-state index contributed by atoms with van der Waals surface area (Å²) in [6.07, 6.45) is 4.51. The molecular weight excluding hydrogens is 375 g/mol. The molecule has 2 aromatic rings. The molecule has 0 bridgehead atoms. The molecule has 1 aliphatic rings. The molecule has 29 heavy (non-hydrogen) atoms. The van der Waals surface area contributed by atoms with Crippen molar-refractivity contribution < 1.29 is 13.9 Å². The smallest absolute Gasteiger partial charge is 0.410 e. The second kappa shape index (κ2) is 8.50. The summed E-state index contributed by atoms with van der Waals surface area (Å²) in [7, 11) is 0. The summed E-state index contributed by atoms with van der Waals surface area (Å²) in [5.41, 5.74) is 6.74. The Balaban J connectivity index is 1.54. The molecule has 0 aliphatic carbocycles. The predicted molar refractivity (Wildman–Crippen MR) is 108 cm³/mol. The molecule has 1 aliphatic heterocycles. The first kappa shape index (κ1) is 20.6. The quantitative estimate of drug-likeness (QED) is 0.629. The van der Waals surface area contributed by atoms with E-state index in [2.05, 4.69) is 9.98 Å². The van der Waals surface area contributed by atoms with Crippen LogP contribution in [0.4, 0.5) is 9.18 Å². The van der Waals surface area contributed by atoms with Gasteiger partial charge in [0.1, 0.15) is 11.4 Å². The number of halogens is 1. The van der Waals surface area contributed by atoms with Crippen molar-refractivity contribution in [2.24, 2.45) is 10.7 Å². The number of guanidine groups is 1. The lowest BCUT2D eigenvalue weighted by Gasteiger charge is -2.36. The van der Waals surface area contributed by atoms with Crippen LogP contribution in [0.5, 0.6) is 0 Å². The molecule has 0 spiro atoms. The van der Waals surface area contributed by atoms with Crippen molar-refractivity contribution in [3.63, 3.8) is 0 Å². The van der Waals surface area contributed by atoms with Crippen LogP contribution < -0.4 is 5.73 Å². The van der Waals surface area contributed by atoms with Gasteiger partial charge in [0.2, 0.25) is 0 Å². The normalized spacial score (nSPS) is 15.5. The zero-order valence-corrected chi connectivity index (χ0v) is 17.0. The minimum Gasteiger partial charge on any atom is -0.444 e. The second-order valence-corrected chi connectivity index (χ2v) is 7.88. The second-order valence-electron chi connectivity index (χ2n) is 7.88. The van der Waals surface area contributed by atoms with E-state index in [4.69, 9.17) is 10.5 Å². The minimum atomic E-state index is -0.516. The van der Waals surface area contributed by atoms with Crippen LogP contribution >= 0.6 is 0 Å². The number of nitrogens with zero attached hydrogens (tertiary/aromatic N) is 5. The number of nitrogens with two attached hydrogens (primary N) is 1. The van der Waals surface area contributed by atoms with Crippen molar-refractivity contribution in [3.05, 3.63) is 48.3 Å². The fourth-order valence-electron chi connectivity index (χ4n) is 2.98. The molecule has 2 heterocycles. The van der Waals surface area contributed by atoms with Crippen LogP contribution in [0.25, 0.3) is 5.69 Å². The van der Waals surface area contributed by atoms with Gasteiger partial charge in [0.05, 0.1) is 18.6 Å². The summed E-state index contributed by atoms with van der Waals surface area (Å²) < 4.78 is 21.3. The predicted octanol–water partition coefficient (Wildman–Crippen LogP) is 2.38. The van der Waals surface area contributed by atoms with Crippen LogP contribution in [0.1, 0.15) is 26.3 Å². The van der Waals surface area contributed by atoms with Crippen molar-refractivity contribution >= 4 is 12.1 Å². The van der Waals surface area contributed by atoms with E-state index in [0.717, 1.165) is 5.56 Å². The Morgan fingerprint density at radius 1 is 1.24 bits per heavy atom. The molecule has 1 saturated heterocycles. The Morgan fingerprint density at radius 2 is 1.93 bits per heavy atom. The Bertz CT molecular complexity index is 868. The van der Waals surface area contributed by atoms with Gasteiger partial charge in [0.25, 0.3) is 0 Å². The number of benzene rings is 1. The third kappa shape index (κ3) is 5.46. The van der Waals surface area contributed by atoms with Crippen molar-refractivity contribution in [2.75, 3.05) is 26.2 Å². The van der Waals surface area contributed by atoms with Gasteiger partial charge in [-0.25, -0.2) is 19.2 Å². The van der Waals surface area contributed by atoms with E-state index in [9.17, 15) is 9.18 Å². The van der Waals surface area contributed by atoms with Crippen molar-refractivity contribution in [1.82, 2.24) is 19.4 Å². The fraction of sp³-hybridized carbons (Fsp3) is 0.450. The van der Waals surface area contributed by atoms with E-state index >= 15 is 0 Å². The number of carbonyl (C=O) groups excluding carboxylic acids is 1. The van der Waals surface area contributed by atoms with Crippen molar-refractivity contribution in [2.45, 2.75) is 32.9 Å². The number of aromatic nitrogens is 2. The summed E-state index contributed by atoms with van der Waals surface area (Å²) in [6.45, 7) is 7.98. The summed E-state index contributed by atoms with van der Waals surface area (Å²) in [5.74, 6) is 0.0354. The number of aliphatic imine (C=N–C) groups is 1. The first-order chi connectivity index (χ1) is 13.7. The minimum absolute atomic E-state index is 0.277. The third-order valence-electron chi connectivity index (χ3n) is 4.47. The van der Waals surface area contributed by atoms with Gasteiger partial charge in [-0.1, -0.05) is 6.07 Å². The molecule has 0 atom stereocenters. The lowest BCUT2D eigenvalue weighted by molar-refractivity contribution is 0.0186. The highest BCUT2D eigenvalue weighted by molar-refractivity contribution is 5.78. The SMILES string of the molecule is CC(C)(C)OC(=O)N1CCN(C(N)=NCc2ccc(-n3ccnc3)c(F)c2)CC1. The molecule has 0 radical (unpaired) electrons. The van der Waals surface area contributed by atoms with Crippen LogP contribution in [0.3, 0.4) is 0 Å². The number of ether oxygens (including phenoxy) is 1. The molecule has 2 N–H and O–H groups in total. The maximum atomic E-state index is 14.3. The van der Waals surface area contributed by atoms with Gasteiger partial charge in [-0.3, -0.25) is 0 Å². The van der Waals surface area contributed by atoms with Gasteiger partial charge < -0.3 is 24.8 Å². The van der Waals surface area contributed by atoms with Crippen LogP contribution in [-0.2, 0) is 11.3 Å². The fourth-order valence-corrected chi connectivity index (χ4v) is 2.98. The van der Waals surface area contributed by atoms with E-state index < -0.39 is 5.60 Å². The third-order valence-corrected chi connectivity index (χ3v) is 4.47. The molecule has 8 nitrogen and oxygen atoms in total. The number of carbonyl (C=O) groups is 1. The highest BCUT2D eigenvalue weighted by atomic mass is 19.1. The monoisotopic (exact) mass is 402 g/mol. The lowest BCUT2D eigenvalue weighted by atomic mass is 10.2. The molecule has 156 valence electrons. The largest absolute Gasteiger partial charge is 0.444 e. The molecule has 1 aromatic heterocycles. The number of hydrogen-bond donors (Lipinski definition) is 1. The van der Waals surface area contributed by atoms with Crippen molar-refractivity contribution in [1.29, 1.82) is 0 Å². The Morgan fingerprint density at radius 3 is 2.52 bits per heavy atom. The Labute approximate surface area is 169 Å². The Hall–Kier alpha value is -3.10. The van der Waals surface area contributed by atoms with Crippen LogP contribution in [0.2, 0.25) is 0 Å². The highest BCUT2D eigenvalue weighted by Gasteiger charge is 2.26. The zero-order valence-electron chi connectivity index (χ0n) is 17.0. The summed E-state index contributed by atoms with van der Waals surface area (Å²) >= 11 is 0. The topological polar surface area (TPSA) is 89.0 Å². The number of piperazine rings is 1. The number of amides is 1. The van der Waals surface area contributed by atoms with E-state index in [-0.39, 0.29) is 18.5 Å². The summed E-state index contributed by atoms with van der Waals surface area (Å²) in [5, 5.41) is 0. The summed E-state index contributed by atoms with van der Waals surface area (Å²) in [6, 6.07) is 4.96. The molecule has 0 unspecified atom stereocenters. The average Bonchev–Trinajstić information content (AvgIpc) is 3.19. The number of imidazole rings is 1. The molecule has 1 fully saturated rings. The van der Waals surface area contributed by atoms with E-state index in [1.807, 2.05) is 31.7 Å². The van der Waals surface area contributed by atoms with Gasteiger partial charge >= 0.3 is 6.09 Å². The van der Waals surface area contributed by atoms with E-state index in [1.165, 1.54) is 6.07 Å². The molecular formula is C20H27FN6O2. The highest BCUT2D eigenvalue weighted by Crippen LogP contribution is 2.16. The first-order valence-corrected chi connectivity index (χ1v) is 9.52. The zero-order chi connectivity index (χ0) is 21.0. The van der Waals surface area contributed by atoms with Gasteiger partial charge in [-0.15, -0.1) is 0 Å². The lowest BCUT2D eigenvalue weighted by Crippen LogP contribution is -2.53. The van der Waals surface area contributed by atoms with Crippen LogP contribution in [0.15, 0.2) is 41.9 Å². The number of rotatable bonds is 3. The van der Waals surface area contributed by atoms with Gasteiger partial charge in [-0.05, 0) is 38.5 Å². The first-order valence-electron chi connectivity index (χ1n) is 9.52. The molecule has 0 saturated carbocycles. The molecule has 1 amide bonds. The van der Waals surface area contributed by atoms with Gasteiger partial charge in [-0.2, -0.15) is 0 Å². The van der Waals surface area contributed by atoms with E-state index in [0.29, 0.717) is 37.8 Å². The number of hydrogen-bond acceptors (Lipinski definition) is 4. The maximum absolute atomic E-state index is 14.3. The van der Waals surface area contributed by atoms with E-state index in [1.54, 1.807) is 34.3 Å². The standard InChI is InChI=1S/C20H27FN6O2/c1-20(2,3)29-19(28)26-10-8-25(9-11-26)18(22)24-13-15-4-5-17(16(21)12-15)27-7-6-23-14-27/h4-7,12,14H,8-11,13H2,1-3H3,(H2,22,24). The maximum Gasteiger partial charge on any atom is 0.410 e. The molecule has 9 heteroatoms. The van der Waals surface area contributed by atoms with Gasteiger partial charge in [0, 0.05) is 38.6 Å². The van der Waals surface area contributed by atoms with Gasteiger partial charge in [0.15, 0.2) is 5.96 Å². The van der Waals surface area contributed by atoms with Crippen LogP contribution in [-0.4, -0.2) is 63.2 Å². The average molecular weight is 402 g/mol. The van der Waals surface area contributed by atoms with Crippen molar-refractivity contribution in [3.8, 4) is 5.69 Å². The Kier molecular flexibility index (Phi) is 6.05. The molecule has 1 aromatic carbocycles.